The number of ether oxygens (including phenoxy) is 2. The van der Waals surface area contributed by atoms with Crippen molar-refractivity contribution in [3.63, 3.8) is 0 Å². The molecule has 4 heteroatoms. The summed E-state index contributed by atoms with van der Waals surface area (Å²) in [5.74, 6) is -1.48. The molecule has 2 atom stereocenters. The van der Waals surface area contributed by atoms with Crippen LogP contribution >= 0.6 is 0 Å². The average Bonchev–Trinajstić information content (AvgIpc) is 3.33. The largest absolute Gasteiger partial charge is 0.466 e. The molecule has 0 amide bonds. The minimum Gasteiger partial charge on any atom is -0.466 e. The summed E-state index contributed by atoms with van der Waals surface area (Å²) in [6.45, 7) is 0. The Hall–Kier alpha value is -4.44. The van der Waals surface area contributed by atoms with E-state index in [4.69, 9.17) is 9.47 Å². The van der Waals surface area contributed by atoms with Gasteiger partial charge in [-0.2, -0.15) is 0 Å². The number of methoxy groups -OCH3 is 2. The number of carbonyl (C=O) groups is 2. The number of benzene rings is 3. The third-order valence-corrected chi connectivity index (χ3v) is 7.49. The number of carbonyl (C=O) groups excluding carboxylic acids is 2. The van der Waals surface area contributed by atoms with Crippen molar-refractivity contribution in [3.8, 4) is 0 Å². The second kappa shape index (κ2) is 8.35. The highest BCUT2D eigenvalue weighted by Gasteiger charge is 2.64. The third-order valence-electron chi connectivity index (χ3n) is 7.49. The molecular weight excluding hydrogens is 448 g/mol. The van der Waals surface area contributed by atoms with Crippen molar-refractivity contribution in [1.29, 1.82) is 0 Å². The number of hydrogen-bond acceptors (Lipinski definition) is 4. The van der Waals surface area contributed by atoms with Crippen molar-refractivity contribution in [2.75, 3.05) is 14.2 Å². The summed E-state index contributed by atoms with van der Waals surface area (Å²) in [6, 6.07) is 28.2. The number of rotatable bonds is 4. The van der Waals surface area contributed by atoms with Crippen LogP contribution in [-0.4, -0.2) is 26.2 Å². The van der Waals surface area contributed by atoms with Crippen molar-refractivity contribution < 1.29 is 19.1 Å². The van der Waals surface area contributed by atoms with E-state index in [1.165, 1.54) is 14.2 Å². The Morgan fingerprint density at radius 2 is 1.36 bits per heavy atom. The van der Waals surface area contributed by atoms with Gasteiger partial charge >= 0.3 is 11.9 Å². The maximum atomic E-state index is 13.7. The lowest BCUT2D eigenvalue weighted by Gasteiger charge is -2.35. The highest BCUT2D eigenvalue weighted by Crippen LogP contribution is 2.70. The lowest BCUT2D eigenvalue weighted by atomic mass is 9.65. The second-order valence-electron chi connectivity index (χ2n) is 9.04. The van der Waals surface area contributed by atoms with Gasteiger partial charge in [-0.05, 0) is 39.0 Å². The molecule has 0 heterocycles. The SMILES string of the molecule is COC(=O)C1=C(C(=O)OC)C23C(c4ccccc4)=CC=CC(c4ccccc4)=C2C1c1ccccc13. The minimum absolute atomic E-state index is 0.336. The molecular formula is C32H24O4. The Bertz CT molecular complexity index is 1520. The van der Waals surface area contributed by atoms with E-state index in [1.807, 2.05) is 66.7 Å². The van der Waals surface area contributed by atoms with Crippen LogP contribution in [0.5, 0.6) is 0 Å². The molecule has 176 valence electrons. The first-order valence-corrected chi connectivity index (χ1v) is 11.9. The summed E-state index contributed by atoms with van der Waals surface area (Å²) >= 11 is 0. The topological polar surface area (TPSA) is 52.6 Å². The maximum Gasteiger partial charge on any atom is 0.335 e. The first-order valence-electron chi connectivity index (χ1n) is 11.9. The highest BCUT2D eigenvalue weighted by molar-refractivity contribution is 6.15. The Balaban J connectivity index is 1.83. The Morgan fingerprint density at radius 1 is 0.750 bits per heavy atom. The van der Waals surface area contributed by atoms with Crippen LogP contribution in [0.15, 0.2) is 120 Å². The molecule has 3 aromatic rings. The molecule has 0 spiro atoms. The summed E-state index contributed by atoms with van der Waals surface area (Å²) in [6.07, 6.45) is 6.19. The third kappa shape index (κ3) is 2.81. The van der Waals surface area contributed by atoms with Gasteiger partial charge in [0.25, 0.3) is 0 Å². The monoisotopic (exact) mass is 472 g/mol. The van der Waals surface area contributed by atoms with Crippen LogP contribution in [0, 0.1) is 0 Å². The molecule has 0 aromatic heterocycles. The molecule has 3 aliphatic carbocycles. The van der Waals surface area contributed by atoms with Gasteiger partial charge in [-0.25, -0.2) is 9.59 Å². The van der Waals surface area contributed by atoms with Crippen molar-refractivity contribution in [1.82, 2.24) is 0 Å². The first-order chi connectivity index (χ1) is 17.6. The van der Waals surface area contributed by atoms with Gasteiger partial charge in [-0.15, -0.1) is 0 Å². The van der Waals surface area contributed by atoms with Gasteiger partial charge in [0.15, 0.2) is 0 Å². The molecule has 0 fully saturated rings. The van der Waals surface area contributed by atoms with E-state index in [2.05, 4.69) is 36.4 Å². The van der Waals surface area contributed by atoms with Gasteiger partial charge < -0.3 is 9.47 Å². The Morgan fingerprint density at radius 3 is 2.03 bits per heavy atom. The Kier molecular flexibility index (Phi) is 5.11. The van der Waals surface area contributed by atoms with Crippen LogP contribution in [0.1, 0.15) is 28.2 Å². The lowest BCUT2D eigenvalue weighted by Crippen LogP contribution is -2.34. The van der Waals surface area contributed by atoms with Gasteiger partial charge in [0.2, 0.25) is 0 Å². The van der Waals surface area contributed by atoms with Crippen LogP contribution in [-0.2, 0) is 24.5 Å². The molecule has 36 heavy (non-hydrogen) atoms. The fourth-order valence-electron chi connectivity index (χ4n) is 6.26. The zero-order valence-corrected chi connectivity index (χ0v) is 20.0. The fraction of sp³-hybridized carbons (Fsp3) is 0.125. The van der Waals surface area contributed by atoms with E-state index < -0.39 is 23.3 Å². The van der Waals surface area contributed by atoms with E-state index in [0.29, 0.717) is 11.1 Å². The van der Waals surface area contributed by atoms with Gasteiger partial charge in [0, 0.05) is 5.92 Å². The van der Waals surface area contributed by atoms with Crippen molar-refractivity contribution >= 4 is 23.1 Å². The highest BCUT2D eigenvalue weighted by atomic mass is 16.5. The summed E-state index contributed by atoms with van der Waals surface area (Å²) in [5, 5.41) is 0. The second-order valence-corrected chi connectivity index (χ2v) is 9.04. The molecule has 0 aliphatic heterocycles. The maximum absolute atomic E-state index is 13.7. The first kappa shape index (κ1) is 22.1. The van der Waals surface area contributed by atoms with Crippen LogP contribution in [0.3, 0.4) is 0 Å². The summed E-state index contributed by atoms with van der Waals surface area (Å²) in [4.78, 5) is 27.1. The summed E-state index contributed by atoms with van der Waals surface area (Å²) < 4.78 is 10.6. The number of allylic oxidation sites excluding steroid dienone is 6. The number of esters is 2. The molecule has 0 radical (unpaired) electrons. The van der Waals surface area contributed by atoms with Gasteiger partial charge in [0.1, 0.15) is 0 Å². The van der Waals surface area contributed by atoms with Crippen LogP contribution in [0.25, 0.3) is 11.1 Å². The molecule has 6 rings (SSSR count). The van der Waals surface area contributed by atoms with E-state index in [-0.39, 0.29) is 0 Å². The molecule has 0 N–H and O–H groups in total. The predicted octanol–water partition coefficient (Wildman–Crippen LogP) is 5.79. The van der Waals surface area contributed by atoms with Gasteiger partial charge in [0.05, 0.1) is 30.8 Å². The number of hydrogen-bond donors (Lipinski definition) is 0. The van der Waals surface area contributed by atoms with Crippen LogP contribution in [0.2, 0.25) is 0 Å². The molecule has 3 aromatic carbocycles. The van der Waals surface area contributed by atoms with E-state index in [0.717, 1.165) is 39.0 Å². The Labute approximate surface area is 209 Å². The molecule has 3 aliphatic rings. The van der Waals surface area contributed by atoms with Crippen LogP contribution < -0.4 is 0 Å². The summed E-state index contributed by atoms with van der Waals surface area (Å²) in [7, 11) is 2.72. The zero-order chi connectivity index (χ0) is 24.9. The average molecular weight is 473 g/mol. The van der Waals surface area contributed by atoms with Crippen LogP contribution in [0.4, 0.5) is 0 Å². The van der Waals surface area contributed by atoms with E-state index in [1.54, 1.807) is 0 Å². The normalized spacial score (nSPS) is 21.5. The quantitative estimate of drug-likeness (QED) is 0.452. The molecule has 2 bridgehead atoms. The van der Waals surface area contributed by atoms with Crippen molar-refractivity contribution in [2.45, 2.75) is 11.3 Å². The minimum atomic E-state index is -1.01. The molecule has 0 saturated heterocycles. The van der Waals surface area contributed by atoms with Gasteiger partial charge in [-0.3, -0.25) is 0 Å². The smallest absolute Gasteiger partial charge is 0.335 e. The predicted molar refractivity (Wildman–Crippen MR) is 139 cm³/mol. The van der Waals surface area contributed by atoms with Gasteiger partial charge in [-0.1, -0.05) is 103 Å². The summed E-state index contributed by atoms with van der Waals surface area (Å²) in [5.41, 5.74) is 6.56. The molecule has 2 unspecified atom stereocenters. The molecule has 4 nitrogen and oxygen atoms in total. The van der Waals surface area contributed by atoms with Crippen molar-refractivity contribution in [2.24, 2.45) is 0 Å². The van der Waals surface area contributed by atoms with Crippen molar-refractivity contribution in [3.05, 3.63) is 142 Å². The fourth-order valence-corrected chi connectivity index (χ4v) is 6.26. The standard InChI is InChI=1S/C32H24O4/c1-35-30(33)27-26-23-16-9-10-18-25(23)32(29(27)31(34)36-2)24(21-14-7-4-8-15-21)19-11-17-22(28(26)32)20-12-5-3-6-13-20/h3-19,26H,1-2H3. The lowest BCUT2D eigenvalue weighted by molar-refractivity contribution is -0.139. The zero-order valence-electron chi connectivity index (χ0n) is 20.0. The number of fused-ring (bicyclic) bond motifs is 2. The molecule has 0 saturated carbocycles. The van der Waals surface area contributed by atoms with E-state index in [9.17, 15) is 9.59 Å². The van der Waals surface area contributed by atoms with E-state index >= 15 is 0 Å².